The summed E-state index contributed by atoms with van der Waals surface area (Å²) in [6, 6.07) is 17.0. The maximum Gasteiger partial charge on any atom is 0.338 e. The van der Waals surface area contributed by atoms with E-state index in [1.807, 2.05) is 19.9 Å². The smallest absolute Gasteiger partial charge is 0.338 e. The van der Waals surface area contributed by atoms with Gasteiger partial charge in [-0.15, -0.1) is 0 Å². The molecule has 0 spiro atoms. The first-order valence-corrected chi connectivity index (χ1v) is 16.0. The van der Waals surface area contributed by atoms with E-state index in [1.165, 1.54) is 13.8 Å². The third-order valence-electron chi connectivity index (χ3n) is 9.98. The van der Waals surface area contributed by atoms with Gasteiger partial charge in [-0.05, 0) is 59.6 Å². The van der Waals surface area contributed by atoms with Gasteiger partial charge in [0.05, 0.1) is 17.0 Å². The Labute approximate surface area is 275 Å². The van der Waals surface area contributed by atoms with E-state index >= 15 is 0 Å². The van der Waals surface area contributed by atoms with Gasteiger partial charge in [0.15, 0.2) is 5.60 Å². The van der Waals surface area contributed by atoms with E-state index in [0.717, 1.165) is 0 Å². The minimum Gasteiger partial charge on any atom is -0.458 e. The van der Waals surface area contributed by atoms with Crippen LogP contribution in [-0.2, 0) is 33.3 Å². The molecule has 7 unspecified atom stereocenters. The SMILES string of the molecule is C=C1CC(OC(=O)c2ccccc2)C2C(C=C(C)C(=O)[C@@]3(OC(C)=O)CC(C)C(OC(=O)c4ccccc4)C3C1OC(C)=O)C2(C)C. The number of carbonyl (C=O) groups is 5. The van der Waals surface area contributed by atoms with Crippen molar-refractivity contribution < 1.29 is 42.9 Å². The zero-order chi connectivity index (χ0) is 34.3. The topological polar surface area (TPSA) is 122 Å². The standard InChI is InChI=1S/C38H42O9/c1-21-19-29(45-35(42)26-14-10-8-11-15-26)30-28(37(30,6)7)18-22(2)34(41)38(47-25(5)40)20-23(3)33(31(38)32(21)44-24(4)39)46-36(43)27-16-12-9-13-17-27/h8-18,23,28-33H,1,19-20H2,2-7H3/t23?,28?,29?,30?,31?,32?,33?,38-/m1/s1. The van der Waals surface area contributed by atoms with E-state index in [1.54, 1.807) is 74.5 Å². The molecule has 2 aromatic carbocycles. The first-order chi connectivity index (χ1) is 22.2. The van der Waals surface area contributed by atoms with E-state index in [9.17, 15) is 24.0 Å². The summed E-state index contributed by atoms with van der Waals surface area (Å²) in [7, 11) is 0. The summed E-state index contributed by atoms with van der Waals surface area (Å²) in [5.41, 5.74) is -0.831. The second kappa shape index (κ2) is 12.9. The minimum atomic E-state index is -1.84. The normalized spacial score (nSPS) is 31.2. The van der Waals surface area contributed by atoms with Crippen LogP contribution in [0.25, 0.3) is 0 Å². The van der Waals surface area contributed by atoms with Gasteiger partial charge in [0.25, 0.3) is 0 Å². The molecule has 0 aliphatic heterocycles. The van der Waals surface area contributed by atoms with E-state index in [2.05, 4.69) is 6.58 Å². The Bertz CT molecular complexity index is 1610. The molecule has 8 atom stereocenters. The van der Waals surface area contributed by atoms with Crippen molar-refractivity contribution in [3.63, 3.8) is 0 Å². The fourth-order valence-corrected chi connectivity index (χ4v) is 7.79. The second-order valence-corrected chi connectivity index (χ2v) is 13.7. The van der Waals surface area contributed by atoms with Gasteiger partial charge in [0.1, 0.15) is 18.3 Å². The van der Waals surface area contributed by atoms with E-state index in [0.29, 0.717) is 22.3 Å². The number of rotatable bonds is 6. The molecule has 0 bridgehead atoms. The van der Waals surface area contributed by atoms with Gasteiger partial charge in [-0.3, -0.25) is 14.4 Å². The average molecular weight is 643 g/mol. The van der Waals surface area contributed by atoms with E-state index in [-0.39, 0.29) is 30.1 Å². The van der Waals surface area contributed by atoms with Crippen LogP contribution < -0.4 is 0 Å². The monoisotopic (exact) mass is 642 g/mol. The molecule has 248 valence electrons. The highest BCUT2D eigenvalue weighted by molar-refractivity contribution is 6.03. The van der Waals surface area contributed by atoms with Crippen LogP contribution in [0.4, 0.5) is 0 Å². The van der Waals surface area contributed by atoms with Crippen molar-refractivity contribution in [2.75, 3.05) is 0 Å². The average Bonchev–Trinajstić information content (AvgIpc) is 3.45. The van der Waals surface area contributed by atoms with E-state index < -0.39 is 65.4 Å². The third kappa shape index (κ3) is 6.53. The Hall–Kier alpha value is -4.53. The van der Waals surface area contributed by atoms with Crippen LogP contribution in [0.1, 0.15) is 75.1 Å². The molecule has 2 aromatic rings. The number of allylic oxidation sites excluding steroid dienone is 1. The van der Waals surface area contributed by atoms with Crippen molar-refractivity contribution in [2.45, 2.75) is 78.3 Å². The molecule has 0 radical (unpaired) electrons. The second-order valence-electron chi connectivity index (χ2n) is 13.7. The highest BCUT2D eigenvalue weighted by Gasteiger charge is 2.67. The van der Waals surface area contributed by atoms with E-state index in [4.69, 9.17) is 18.9 Å². The molecule has 9 heteroatoms. The Morgan fingerprint density at radius 1 is 0.809 bits per heavy atom. The fourth-order valence-electron chi connectivity index (χ4n) is 7.79. The summed E-state index contributed by atoms with van der Waals surface area (Å²) in [6.07, 6.45) is -0.985. The lowest BCUT2D eigenvalue weighted by molar-refractivity contribution is -0.179. The summed E-state index contributed by atoms with van der Waals surface area (Å²) in [5, 5.41) is 0. The molecular weight excluding hydrogens is 600 g/mol. The maximum absolute atomic E-state index is 14.7. The molecule has 5 rings (SSSR count). The number of hydrogen-bond donors (Lipinski definition) is 0. The highest BCUT2D eigenvalue weighted by atomic mass is 16.6. The molecular formula is C38H42O9. The molecule has 0 amide bonds. The van der Waals surface area contributed by atoms with Crippen LogP contribution in [0.3, 0.4) is 0 Å². The number of carbonyl (C=O) groups excluding carboxylic acids is 5. The van der Waals surface area contributed by atoms with Crippen LogP contribution >= 0.6 is 0 Å². The molecule has 0 N–H and O–H groups in total. The van der Waals surface area contributed by atoms with Gasteiger partial charge >= 0.3 is 23.9 Å². The zero-order valence-corrected chi connectivity index (χ0v) is 27.7. The third-order valence-corrected chi connectivity index (χ3v) is 9.98. The van der Waals surface area contributed by atoms with Gasteiger partial charge in [-0.1, -0.05) is 69.8 Å². The fraction of sp³-hybridized carbons (Fsp3) is 0.447. The van der Waals surface area contributed by atoms with Crippen LogP contribution in [-0.4, -0.2) is 53.6 Å². The lowest BCUT2D eigenvalue weighted by atomic mass is 9.76. The number of fused-ring (bicyclic) bond motifs is 2. The molecule has 9 nitrogen and oxygen atoms in total. The van der Waals surface area contributed by atoms with Crippen LogP contribution in [0, 0.1) is 29.1 Å². The molecule has 47 heavy (non-hydrogen) atoms. The number of benzene rings is 2. The summed E-state index contributed by atoms with van der Waals surface area (Å²) >= 11 is 0. The van der Waals surface area contributed by atoms with Crippen molar-refractivity contribution in [2.24, 2.45) is 29.1 Å². The predicted molar refractivity (Wildman–Crippen MR) is 172 cm³/mol. The molecule has 0 saturated heterocycles. The predicted octanol–water partition coefficient (Wildman–Crippen LogP) is 6.07. The summed E-state index contributed by atoms with van der Waals surface area (Å²) in [4.78, 5) is 67.0. The van der Waals surface area contributed by atoms with Gasteiger partial charge < -0.3 is 18.9 Å². The Balaban J connectivity index is 1.64. The number of Topliss-reactive ketones (excluding diaryl/α,β-unsaturated/α-hetero) is 1. The molecule has 3 aliphatic rings. The van der Waals surface area contributed by atoms with Crippen LogP contribution in [0.2, 0.25) is 0 Å². The van der Waals surface area contributed by atoms with Gasteiger partial charge in [-0.2, -0.15) is 0 Å². The van der Waals surface area contributed by atoms with Crippen molar-refractivity contribution in [3.05, 3.63) is 95.6 Å². The first-order valence-electron chi connectivity index (χ1n) is 16.0. The quantitative estimate of drug-likeness (QED) is 0.210. The number of ether oxygens (including phenoxy) is 4. The Morgan fingerprint density at radius 3 is 1.89 bits per heavy atom. The minimum absolute atomic E-state index is 0.0168. The lowest BCUT2D eigenvalue weighted by Crippen LogP contribution is -2.55. The summed E-state index contributed by atoms with van der Waals surface area (Å²) in [6.45, 7) is 14.3. The van der Waals surface area contributed by atoms with Crippen molar-refractivity contribution >= 4 is 29.7 Å². The Kier molecular flexibility index (Phi) is 9.31. The van der Waals surface area contributed by atoms with Crippen molar-refractivity contribution in [1.82, 2.24) is 0 Å². The first kappa shape index (κ1) is 33.8. The molecule has 2 saturated carbocycles. The lowest BCUT2D eigenvalue weighted by Gasteiger charge is -2.40. The maximum atomic E-state index is 14.7. The van der Waals surface area contributed by atoms with Gasteiger partial charge in [0.2, 0.25) is 5.78 Å². The largest absolute Gasteiger partial charge is 0.458 e. The molecule has 2 fully saturated rings. The number of ketones is 1. The van der Waals surface area contributed by atoms with Crippen LogP contribution in [0.15, 0.2) is 84.5 Å². The van der Waals surface area contributed by atoms with Crippen LogP contribution in [0.5, 0.6) is 0 Å². The number of esters is 4. The number of hydrogen-bond acceptors (Lipinski definition) is 9. The highest BCUT2D eigenvalue weighted by Crippen LogP contribution is 2.63. The van der Waals surface area contributed by atoms with Gasteiger partial charge in [-0.25, -0.2) is 9.59 Å². The zero-order valence-electron chi connectivity index (χ0n) is 27.7. The van der Waals surface area contributed by atoms with Crippen molar-refractivity contribution in [3.8, 4) is 0 Å². The van der Waals surface area contributed by atoms with Crippen molar-refractivity contribution in [1.29, 1.82) is 0 Å². The molecule has 0 heterocycles. The summed E-state index contributed by atoms with van der Waals surface area (Å²) < 4.78 is 24.3. The van der Waals surface area contributed by atoms with Gasteiger partial charge in [0, 0.05) is 32.6 Å². The summed E-state index contributed by atoms with van der Waals surface area (Å²) in [5.74, 6) is -4.98. The molecule has 0 aromatic heterocycles. The molecule has 3 aliphatic carbocycles. The Morgan fingerprint density at radius 2 is 1.36 bits per heavy atom.